The van der Waals surface area contributed by atoms with Crippen LogP contribution in [0.4, 0.5) is 0 Å². The van der Waals surface area contributed by atoms with Crippen molar-refractivity contribution >= 4 is 12.2 Å². The Hall–Kier alpha value is -2.93. The molecule has 0 spiro atoms. The Morgan fingerprint density at radius 3 is 1.35 bits per heavy atom. The highest BCUT2D eigenvalue weighted by molar-refractivity contribution is 7.71. The van der Waals surface area contributed by atoms with E-state index in [1.54, 1.807) is 28.4 Å². The molecule has 0 aliphatic rings. The smallest absolute Gasteiger partial charge is 0.175 e. The third kappa shape index (κ3) is 3.25. The van der Waals surface area contributed by atoms with E-state index in [0.29, 0.717) is 27.8 Å². The summed E-state index contributed by atoms with van der Waals surface area (Å²) in [5.74, 6) is 2.61. The van der Waals surface area contributed by atoms with E-state index in [9.17, 15) is 0 Å². The Bertz CT molecular complexity index is 902. The van der Waals surface area contributed by atoms with Crippen molar-refractivity contribution in [2.75, 3.05) is 28.4 Å². The molecular weight excluding hydrogens is 352 g/mol. The van der Waals surface area contributed by atoms with Crippen LogP contribution in [0.3, 0.4) is 0 Å². The van der Waals surface area contributed by atoms with Gasteiger partial charge in [0.25, 0.3) is 0 Å². The van der Waals surface area contributed by atoms with Crippen molar-refractivity contribution < 1.29 is 18.9 Å². The second kappa shape index (κ2) is 7.53. The van der Waals surface area contributed by atoms with Crippen LogP contribution in [0.2, 0.25) is 0 Å². The predicted molar refractivity (Wildman–Crippen MR) is 103 cm³/mol. The molecule has 0 aliphatic carbocycles. The lowest BCUT2D eigenvalue weighted by atomic mass is 10.0. The lowest BCUT2D eigenvalue weighted by Gasteiger charge is -2.11. The molecule has 26 heavy (non-hydrogen) atoms. The van der Waals surface area contributed by atoms with Gasteiger partial charge in [0, 0.05) is 11.1 Å². The van der Waals surface area contributed by atoms with E-state index < -0.39 is 0 Å². The molecule has 0 unspecified atom stereocenters. The topological polar surface area (TPSA) is 68.5 Å². The highest BCUT2D eigenvalue weighted by atomic mass is 32.1. The van der Waals surface area contributed by atoms with Gasteiger partial charge in [0.15, 0.2) is 27.8 Å². The molecule has 2 N–H and O–H groups in total. The van der Waals surface area contributed by atoms with Gasteiger partial charge in [-0.15, -0.1) is 0 Å². The van der Waals surface area contributed by atoms with Crippen LogP contribution in [-0.4, -0.2) is 38.4 Å². The third-order valence-electron chi connectivity index (χ3n) is 4.07. The number of hydrogen-bond acceptors (Lipinski definition) is 5. The summed E-state index contributed by atoms with van der Waals surface area (Å²) in [5.41, 5.74) is 3.53. The number of aromatic nitrogens is 2. The Morgan fingerprint density at radius 2 is 1.00 bits per heavy atom. The van der Waals surface area contributed by atoms with Crippen LogP contribution in [0.1, 0.15) is 0 Å². The molecule has 0 saturated carbocycles. The first kappa shape index (κ1) is 17.9. The fourth-order valence-electron chi connectivity index (χ4n) is 2.80. The Kier molecular flexibility index (Phi) is 5.18. The van der Waals surface area contributed by atoms with Crippen LogP contribution >= 0.6 is 12.2 Å². The number of H-pyrrole nitrogens is 2. The van der Waals surface area contributed by atoms with Gasteiger partial charge in [-0.2, -0.15) is 0 Å². The minimum atomic E-state index is 0.527. The Labute approximate surface area is 156 Å². The first-order valence-corrected chi connectivity index (χ1v) is 8.29. The number of methoxy groups -OCH3 is 4. The van der Waals surface area contributed by atoms with E-state index in [-0.39, 0.29) is 0 Å². The average Bonchev–Trinajstić information content (AvgIpc) is 3.08. The minimum Gasteiger partial charge on any atom is -0.493 e. The summed E-state index contributed by atoms with van der Waals surface area (Å²) < 4.78 is 22.0. The van der Waals surface area contributed by atoms with E-state index in [1.807, 2.05) is 36.4 Å². The first-order chi connectivity index (χ1) is 12.6. The highest BCUT2D eigenvalue weighted by Gasteiger charge is 2.15. The lowest BCUT2D eigenvalue weighted by molar-refractivity contribution is 0.355. The SMILES string of the molecule is COc1ccc(-c2[nH]c(=S)[nH]c2-c2ccc(OC)c(OC)c2)cc1OC. The number of nitrogens with one attached hydrogen (secondary N) is 2. The van der Waals surface area contributed by atoms with Gasteiger partial charge in [-0.25, -0.2) is 0 Å². The monoisotopic (exact) mass is 372 g/mol. The molecule has 0 radical (unpaired) electrons. The number of ether oxygens (including phenoxy) is 4. The van der Waals surface area contributed by atoms with E-state index in [2.05, 4.69) is 9.97 Å². The Morgan fingerprint density at radius 1 is 0.615 bits per heavy atom. The van der Waals surface area contributed by atoms with Crippen molar-refractivity contribution in [1.29, 1.82) is 0 Å². The highest BCUT2D eigenvalue weighted by Crippen LogP contribution is 2.38. The van der Waals surface area contributed by atoms with Crippen molar-refractivity contribution in [2.45, 2.75) is 0 Å². The summed E-state index contributed by atoms with van der Waals surface area (Å²) >= 11 is 5.32. The fourth-order valence-corrected chi connectivity index (χ4v) is 3.00. The summed E-state index contributed by atoms with van der Waals surface area (Å²) in [6.45, 7) is 0. The van der Waals surface area contributed by atoms with Crippen molar-refractivity contribution in [1.82, 2.24) is 9.97 Å². The van der Waals surface area contributed by atoms with Crippen LogP contribution in [0, 0.1) is 4.77 Å². The van der Waals surface area contributed by atoms with Crippen LogP contribution in [0.25, 0.3) is 22.5 Å². The molecule has 1 heterocycles. The average molecular weight is 372 g/mol. The quantitative estimate of drug-likeness (QED) is 0.626. The van der Waals surface area contributed by atoms with Crippen LogP contribution in [-0.2, 0) is 0 Å². The molecular formula is C19H20N2O4S. The predicted octanol–water partition coefficient (Wildman–Crippen LogP) is 4.44. The second-order valence-corrected chi connectivity index (χ2v) is 5.88. The van der Waals surface area contributed by atoms with Gasteiger partial charge in [-0.1, -0.05) is 0 Å². The zero-order valence-electron chi connectivity index (χ0n) is 15.0. The summed E-state index contributed by atoms with van der Waals surface area (Å²) in [7, 11) is 6.43. The normalized spacial score (nSPS) is 10.5. The van der Waals surface area contributed by atoms with Gasteiger partial charge in [0.1, 0.15) is 0 Å². The fraction of sp³-hybridized carbons (Fsp3) is 0.211. The van der Waals surface area contributed by atoms with Gasteiger partial charge in [0.2, 0.25) is 0 Å². The molecule has 0 amide bonds. The maximum absolute atomic E-state index is 5.41. The van der Waals surface area contributed by atoms with E-state index >= 15 is 0 Å². The molecule has 0 aliphatic heterocycles. The molecule has 0 saturated heterocycles. The number of imidazole rings is 1. The van der Waals surface area contributed by atoms with Crippen molar-refractivity contribution in [3.8, 4) is 45.5 Å². The molecule has 7 heteroatoms. The van der Waals surface area contributed by atoms with Crippen LogP contribution in [0.15, 0.2) is 36.4 Å². The van der Waals surface area contributed by atoms with E-state index in [4.69, 9.17) is 31.2 Å². The summed E-state index contributed by atoms with van der Waals surface area (Å²) in [6.07, 6.45) is 0. The molecule has 1 aromatic heterocycles. The molecule has 2 aromatic carbocycles. The van der Waals surface area contributed by atoms with Gasteiger partial charge >= 0.3 is 0 Å². The molecule has 3 aromatic rings. The van der Waals surface area contributed by atoms with Gasteiger partial charge in [-0.3, -0.25) is 0 Å². The second-order valence-electron chi connectivity index (χ2n) is 5.47. The van der Waals surface area contributed by atoms with Crippen LogP contribution in [0.5, 0.6) is 23.0 Å². The summed E-state index contributed by atoms with van der Waals surface area (Å²) in [4.78, 5) is 6.41. The molecule has 136 valence electrons. The van der Waals surface area contributed by atoms with E-state index in [0.717, 1.165) is 22.5 Å². The number of aromatic amines is 2. The largest absolute Gasteiger partial charge is 0.493 e. The minimum absolute atomic E-state index is 0.527. The molecule has 0 fully saturated rings. The number of rotatable bonds is 6. The first-order valence-electron chi connectivity index (χ1n) is 7.88. The zero-order chi connectivity index (χ0) is 18.7. The zero-order valence-corrected chi connectivity index (χ0v) is 15.8. The Balaban J connectivity index is 2.14. The lowest BCUT2D eigenvalue weighted by Crippen LogP contribution is -1.93. The molecule has 0 bridgehead atoms. The van der Waals surface area contributed by atoms with Gasteiger partial charge in [0.05, 0.1) is 39.8 Å². The standard InChI is InChI=1S/C19H20N2O4S/c1-22-13-7-5-11(9-15(13)24-3)17-18(21-19(26)20-17)12-6-8-14(23-2)16(10-12)25-4/h5-10H,1-4H3,(H2,20,21,26). The summed E-state index contributed by atoms with van der Waals surface area (Å²) in [5, 5.41) is 0. The number of hydrogen-bond donors (Lipinski definition) is 2. The van der Waals surface area contributed by atoms with Crippen molar-refractivity contribution in [3.05, 3.63) is 41.2 Å². The van der Waals surface area contributed by atoms with Crippen molar-refractivity contribution in [2.24, 2.45) is 0 Å². The molecule has 6 nitrogen and oxygen atoms in total. The van der Waals surface area contributed by atoms with Gasteiger partial charge < -0.3 is 28.9 Å². The van der Waals surface area contributed by atoms with E-state index in [1.165, 1.54) is 0 Å². The van der Waals surface area contributed by atoms with Crippen molar-refractivity contribution in [3.63, 3.8) is 0 Å². The molecule has 3 rings (SSSR count). The maximum atomic E-state index is 5.41. The number of benzene rings is 2. The summed E-state index contributed by atoms with van der Waals surface area (Å²) in [6, 6.07) is 11.4. The third-order valence-corrected chi connectivity index (χ3v) is 4.28. The van der Waals surface area contributed by atoms with Gasteiger partial charge in [-0.05, 0) is 48.6 Å². The van der Waals surface area contributed by atoms with Crippen LogP contribution < -0.4 is 18.9 Å². The maximum Gasteiger partial charge on any atom is 0.175 e. The molecule has 0 atom stereocenters.